The van der Waals surface area contributed by atoms with Gasteiger partial charge in [0.25, 0.3) is 0 Å². The lowest BCUT2D eigenvalue weighted by molar-refractivity contribution is -0.131. The van der Waals surface area contributed by atoms with Gasteiger partial charge in [0.1, 0.15) is 0 Å². The minimum absolute atomic E-state index is 0.00713. The summed E-state index contributed by atoms with van der Waals surface area (Å²) in [5.41, 5.74) is 5.43. The van der Waals surface area contributed by atoms with E-state index in [4.69, 9.17) is 11.0 Å². The molecule has 4 heteroatoms. The van der Waals surface area contributed by atoms with E-state index in [0.29, 0.717) is 13.1 Å². The van der Waals surface area contributed by atoms with Gasteiger partial charge in [-0.1, -0.05) is 0 Å². The summed E-state index contributed by atoms with van der Waals surface area (Å²) in [5.74, 6) is -0.0413. The van der Waals surface area contributed by atoms with Gasteiger partial charge >= 0.3 is 0 Å². The van der Waals surface area contributed by atoms with Crippen molar-refractivity contribution in [2.24, 2.45) is 11.7 Å². The maximum Gasteiger partial charge on any atom is 0.239 e. The zero-order valence-corrected chi connectivity index (χ0v) is 7.16. The average Bonchev–Trinajstić information content (AvgIpc) is 2.50. The highest BCUT2D eigenvalue weighted by molar-refractivity contribution is 5.81. The molecule has 1 saturated heterocycles. The lowest BCUT2D eigenvalue weighted by Gasteiger charge is -2.17. The van der Waals surface area contributed by atoms with Crippen LogP contribution in [0.15, 0.2) is 0 Å². The first-order valence-electron chi connectivity index (χ1n) is 4.09. The predicted molar refractivity (Wildman–Crippen MR) is 43.9 cm³/mol. The van der Waals surface area contributed by atoms with Crippen LogP contribution < -0.4 is 5.73 Å². The van der Waals surface area contributed by atoms with Crippen molar-refractivity contribution in [3.63, 3.8) is 0 Å². The van der Waals surface area contributed by atoms with E-state index in [0.717, 1.165) is 6.42 Å². The molecule has 1 fully saturated rings. The second kappa shape index (κ2) is 3.55. The molecule has 1 rings (SSSR count). The Hall–Kier alpha value is -1.08. The summed E-state index contributed by atoms with van der Waals surface area (Å²) < 4.78 is 0. The SMILES string of the molecule is CC(N)C(=O)N1CCC(C#N)C1. The molecular formula is C8H13N3O. The van der Waals surface area contributed by atoms with Crippen LogP contribution in [0.4, 0.5) is 0 Å². The fourth-order valence-corrected chi connectivity index (χ4v) is 1.35. The number of carbonyl (C=O) groups is 1. The van der Waals surface area contributed by atoms with Crippen molar-refractivity contribution < 1.29 is 4.79 Å². The maximum absolute atomic E-state index is 11.3. The largest absolute Gasteiger partial charge is 0.340 e. The molecule has 4 nitrogen and oxygen atoms in total. The van der Waals surface area contributed by atoms with Gasteiger partial charge < -0.3 is 10.6 Å². The van der Waals surface area contributed by atoms with Crippen LogP contribution in [0.1, 0.15) is 13.3 Å². The van der Waals surface area contributed by atoms with Gasteiger partial charge in [0.05, 0.1) is 18.0 Å². The van der Waals surface area contributed by atoms with Gasteiger partial charge in [-0.15, -0.1) is 0 Å². The summed E-state index contributed by atoms with van der Waals surface area (Å²) in [5, 5.41) is 8.58. The van der Waals surface area contributed by atoms with Gasteiger partial charge in [0, 0.05) is 13.1 Å². The molecule has 0 saturated carbocycles. The predicted octanol–water partition coefficient (Wildman–Crippen LogP) is -0.294. The monoisotopic (exact) mass is 167 g/mol. The molecule has 12 heavy (non-hydrogen) atoms. The Balaban J connectivity index is 2.48. The summed E-state index contributed by atoms with van der Waals surface area (Å²) in [6.45, 7) is 2.90. The molecule has 2 atom stereocenters. The molecular weight excluding hydrogens is 154 g/mol. The molecule has 0 aromatic carbocycles. The normalized spacial score (nSPS) is 25.1. The Morgan fingerprint density at radius 3 is 2.92 bits per heavy atom. The smallest absolute Gasteiger partial charge is 0.239 e. The van der Waals surface area contributed by atoms with Crippen molar-refractivity contribution in [3.05, 3.63) is 0 Å². The third-order valence-electron chi connectivity index (χ3n) is 2.07. The van der Waals surface area contributed by atoms with E-state index in [1.165, 1.54) is 0 Å². The van der Waals surface area contributed by atoms with E-state index in [9.17, 15) is 4.79 Å². The molecule has 0 aromatic heterocycles. The molecule has 0 aromatic rings. The number of nitriles is 1. The van der Waals surface area contributed by atoms with Crippen LogP contribution in [0, 0.1) is 17.2 Å². The van der Waals surface area contributed by atoms with Crippen molar-refractivity contribution in [1.82, 2.24) is 4.90 Å². The summed E-state index contributed by atoms with van der Waals surface area (Å²) in [4.78, 5) is 13.0. The van der Waals surface area contributed by atoms with Crippen molar-refractivity contribution >= 4 is 5.91 Å². The van der Waals surface area contributed by atoms with E-state index in [2.05, 4.69) is 6.07 Å². The number of hydrogen-bond acceptors (Lipinski definition) is 3. The molecule has 0 radical (unpaired) electrons. The number of nitrogens with zero attached hydrogens (tertiary/aromatic N) is 2. The molecule has 2 N–H and O–H groups in total. The minimum atomic E-state index is -0.442. The van der Waals surface area contributed by atoms with Gasteiger partial charge in [-0.05, 0) is 13.3 Å². The van der Waals surface area contributed by atoms with Gasteiger partial charge in [-0.2, -0.15) is 5.26 Å². The zero-order chi connectivity index (χ0) is 9.14. The number of rotatable bonds is 1. The standard InChI is InChI=1S/C8H13N3O/c1-6(10)8(12)11-3-2-7(4-9)5-11/h6-7H,2-3,5,10H2,1H3. The van der Waals surface area contributed by atoms with Crippen LogP contribution in [-0.2, 0) is 4.79 Å². The summed E-state index contributed by atoms with van der Waals surface area (Å²) >= 11 is 0. The fourth-order valence-electron chi connectivity index (χ4n) is 1.35. The number of hydrogen-bond donors (Lipinski definition) is 1. The fraction of sp³-hybridized carbons (Fsp3) is 0.750. The van der Waals surface area contributed by atoms with Crippen molar-refractivity contribution in [1.29, 1.82) is 5.26 Å². The molecule has 2 unspecified atom stereocenters. The third-order valence-corrected chi connectivity index (χ3v) is 2.07. The van der Waals surface area contributed by atoms with Gasteiger partial charge in [0.15, 0.2) is 0 Å². The van der Waals surface area contributed by atoms with Gasteiger partial charge in [-0.3, -0.25) is 4.79 Å². The quantitative estimate of drug-likeness (QED) is 0.583. The number of nitrogens with two attached hydrogens (primary N) is 1. The molecule has 0 bridgehead atoms. The maximum atomic E-state index is 11.3. The first kappa shape index (κ1) is 9.01. The number of carbonyl (C=O) groups excluding carboxylic acids is 1. The van der Waals surface area contributed by atoms with Crippen LogP contribution in [0.3, 0.4) is 0 Å². The molecule has 66 valence electrons. The van der Waals surface area contributed by atoms with E-state index in [1.54, 1.807) is 11.8 Å². The minimum Gasteiger partial charge on any atom is -0.340 e. The van der Waals surface area contributed by atoms with E-state index in [-0.39, 0.29) is 11.8 Å². The highest BCUT2D eigenvalue weighted by Crippen LogP contribution is 2.15. The van der Waals surface area contributed by atoms with Crippen molar-refractivity contribution in [2.75, 3.05) is 13.1 Å². The van der Waals surface area contributed by atoms with Crippen LogP contribution in [-0.4, -0.2) is 29.9 Å². The second-order valence-electron chi connectivity index (χ2n) is 3.19. The lowest BCUT2D eigenvalue weighted by atomic mass is 10.1. The first-order valence-corrected chi connectivity index (χ1v) is 4.09. The second-order valence-corrected chi connectivity index (χ2v) is 3.19. The van der Waals surface area contributed by atoms with Crippen molar-refractivity contribution in [3.8, 4) is 6.07 Å². The highest BCUT2D eigenvalue weighted by atomic mass is 16.2. The summed E-state index contributed by atoms with van der Waals surface area (Å²) in [7, 11) is 0. The molecule has 0 spiro atoms. The first-order chi connectivity index (χ1) is 5.65. The van der Waals surface area contributed by atoms with Crippen LogP contribution in [0.25, 0.3) is 0 Å². The Kier molecular flexibility index (Phi) is 2.66. The Morgan fingerprint density at radius 2 is 2.50 bits per heavy atom. The summed E-state index contributed by atoms with van der Waals surface area (Å²) in [6, 6.07) is 1.71. The average molecular weight is 167 g/mol. The van der Waals surface area contributed by atoms with Crippen LogP contribution >= 0.6 is 0 Å². The molecule has 1 heterocycles. The number of amides is 1. The van der Waals surface area contributed by atoms with Gasteiger partial charge in [-0.25, -0.2) is 0 Å². The van der Waals surface area contributed by atoms with E-state index >= 15 is 0 Å². The van der Waals surface area contributed by atoms with Crippen molar-refractivity contribution in [2.45, 2.75) is 19.4 Å². The topological polar surface area (TPSA) is 70.1 Å². The Bertz CT molecular complexity index is 219. The molecule has 1 aliphatic rings. The molecule has 1 amide bonds. The zero-order valence-electron chi connectivity index (χ0n) is 7.16. The Labute approximate surface area is 71.9 Å². The van der Waals surface area contributed by atoms with E-state index in [1.807, 2.05) is 0 Å². The van der Waals surface area contributed by atoms with E-state index < -0.39 is 6.04 Å². The lowest BCUT2D eigenvalue weighted by Crippen LogP contribution is -2.40. The van der Waals surface area contributed by atoms with Gasteiger partial charge in [0.2, 0.25) is 5.91 Å². The molecule has 1 aliphatic heterocycles. The number of likely N-dealkylation sites (tertiary alicyclic amines) is 1. The third kappa shape index (κ3) is 1.74. The van der Waals surface area contributed by atoms with Crippen LogP contribution in [0.5, 0.6) is 0 Å². The molecule has 0 aliphatic carbocycles. The highest BCUT2D eigenvalue weighted by Gasteiger charge is 2.27. The Morgan fingerprint density at radius 1 is 1.83 bits per heavy atom. The van der Waals surface area contributed by atoms with Crippen LogP contribution in [0.2, 0.25) is 0 Å². The summed E-state index contributed by atoms with van der Waals surface area (Å²) in [6.07, 6.45) is 0.787.